The number of carbonyl (C=O) groups excluding carboxylic acids is 2. The molecule has 1 aliphatic heterocycles. The van der Waals surface area contributed by atoms with Crippen LogP contribution in [0.2, 0.25) is 0 Å². The number of ether oxygens (including phenoxy) is 2. The molecule has 2 heterocycles. The highest BCUT2D eigenvalue weighted by Crippen LogP contribution is 2.37. The largest absolute Gasteiger partial charge is 0.493 e. The Hall–Kier alpha value is -2.67. The second-order valence-corrected chi connectivity index (χ2v) is 7.72. The van der Waals surface area contributed by atoms with E-state index in [-0.39, 0.29) is 30.2 Å². The third-order valence-corrected chi connectivity index (χ3v) is 6.12. The van der Waals surface area contributed by atoms with Crippen LogP contribution in [-0.4, -0.2) is 35.4 Å². The molecule has 146 valence electrons. The normalized spacial score (nSPS) is 21.1. The lowest BCUT2D eigenvalue weighted by molar-refractivity contribution is -0.140. The summed E-state index contributed by atoms with van der Waals surface area (Å²) >= 11 is 1.48. The van der Waals surface area contributed by atoms with Gasteiger partial charge in [0.05, 0.1) is 37.8 Å². The Morgan fingerprint density at radius 3 is 2.50 bits per heavy atom. The molecule has 0 radical (unpaired) electrons. The molecule has 1 aliphatic carbocycles. The van der Waals surface area contributed by atoms with Gasteiger partial charge in [-0.2, -0.15) is 0 Å². The van der Waals surface area contributed by atoms with E-state index in [9.17, 15) is 9.59 Å². The molecule has 2 aromatic rings. The third-order valence-electron chi connectivity index (χ3n) is 5.18. The van der Waals surface area contributed by atoms with Gasteiger partial charge in [0, 0.05) is 10.9 Å². The smallest absolute Gasteiger partial charge is 0.233 e. The highest BCUT2D eigenvalue weighted by Gasteiger charge is 2.47. The topological polar surface area (TPSA) is 68.7 Å². The molecule has 0 N–H and O–H groups in total. The zero-order chi connectivity index (χ0) is 19.7. The van der Waals surface area contributed by atoms with E-state index in [0.717, 1.165) is 16.3 Å². The molecule has 7 heteroatoms. The Labute approximate surface area is 167 Å². The van der Waals surface area contributed by atoms with Crippen LogP contribution < -0.4 is 9.47 Å². The molecular weight excluding hydrogens is 376 g/mol. The summed E-state index contributed by atoms with van der Waals surface area (Å²) in [6.45, 7) is 2.72. The van der Waals surface area contributed by atoms with Crippen LogP contribution >= 0.6 is 11.3 Å². The van der Waals surface area contributed by atoms with Gasteiger partial charge in [-0.25, -0.2) is 4.98 Å². The standard InChI is InChI=1S/C21H22N2O4S/c1-3-27-17-9-8-13(10-18(17)26-2)19-22-14(12-28-19)11-23-20(24)15-6-4-5-7-16(15)21(23)25/h4-5,8-10,12,15-16H,3,6-7,11H2,1-2H3/t15-,16-/m1/s1. The second-order valence-electron chi connectivity index (χ2n) is 6.86. The van der Waals surface area contributed by atoms with E-state index in [2.05, 4.69) is 4.98 Å². The van der Waals surface area contributed by atoms with Crippen LogP contribution in [0.15, 0.2) is 35.7 Å². The van der Waals surface area contributed by atoms with Crippen molar-refractivity contribution in [1.82, 2.24) is 9.88 Å². The molecule has 0 bridgehead atoms. The first-order chi connectivity index (χ1) is 13.6. The van der Waals surface area contributed by atoms with Gasteiger partial charge in [0.25, 0.3) is 0 Å². The fourth-order valence-corrected chi connectivity index (χ4v) is 4.58. The number of imide groups is 1. The van der Waals surface area contributed by atoms with E-state index in [1.165, 1.54) is 16.2 Å². The lowest BCUT2D eigenvalue weighted by atomic mass is 9.85. The molecule has 1 aromatic heterocycles. The first kappa shape index (κ1) is 18.7. The molecule has 6 nitrogen and oxygen atoms in total. The van der Waals surface area contributed by atoms with Crippen LogP contribution in [0.3, 0.4) is 0 Å². The first-order valence-corrected chi connectivity index (χ1v) is 10.3. The molecule has 1 fully saturated rings. The number of amides is 2. The fourth-order valence-electron chi connectivity index (χ4n) is 3.77. The minimum Gasteiger partial charge on any atom is -0.493 e. The summed E-state index contributed by atoms with van der Waals surface area (Å²) in [5.74, 6) is 0.790. The molecule has 2 amide bonds. The quantitative estimate of drug-likeness (QED) is 0.549. The van der Waals surface area contributed by atoms with E-state index < -0.39 is 0 Å². The summed E-state index contributed by atoms with van der Waals surface area (Å²) in [5, 5.41) is 2.72. The predicted molar refractivity (Wildman–Crippen MR) is 106 cm³/mol. The lowest BCUT2D eigenvalue weighted by Crippen LogP contribution is -2.30. The van der Waals surface area contributed by atoms with Crippen LogP contribution in [0.4, 0.5) is 0 Å². The Bertz CT molecular complexity index is 910. The lowest BCUT2D eigenvalue weighted by Gasteiger charge is -2.14. The summed E-state index contributed by atoms with van der Waals surface area (Å²) in [7, 11) is 1.60. The maximum atomic E-state index is 12.6. The maximum absolute atomic E-state index is 12.6. The first-order valence-electron chi connectivity index (χ1n) is 9.38. The number of nitrogens with zero attached hydrogens (tertiary/aromatic N) is 2. The number of carbonyl (C=O) groups is 2. The van der Waals surface area contributed by atoms with Crippen LogP contribution in [-0.2, 0) is 16.1 Å². The van der Waals surface area contributed by atoms with Gasteiger partial charge in [-0.3, -0.25) is 14.5 Å². The second kappa shape index (κ2) is 7.75. The van der Waals surface area contributed by atoms with E-state index in [4.69, 9.17) is 9.47 Å². The molecular formula is C21H22N2O4S. The zero-order valence-electron chi connectivity index (χ0n) is 15.9. The molecule has 1 saturated heterocycles. The Morgan fingerprint density at radius 2 is 1.86 bits per heavy atom. The van der Waals surface area contributed by atoms with Crippen molar-refractivity contribution in [3.63, 3.8) is 0 Å². The number of thiazole rings is 1. The van der Waals surface area contributed by atoms with Gasteiger partial charge >= 0.3 is 0 Å². The third kappa shape index (κ3) is 3.30. The molecule has 0 unspecified atom stereocenters. The van der Waals surface area contributed by atoms with Crippen LogP contribution in [0.5, 0.6) is 11.5 Å². The molecule has 1 aromatic carbocycles. The van der Waals surface area contributed by atoms with Crippen LogP contribution in [0.25, 0.3) is 10.6 Å². The number of aromatic nitrogens is 1. The number of rotatable bonds is 6. The number of likely N-dealkylation sites (tertiary alicyclic amines) is 1. The van der Waals surface area contributed by atoms with Crippen molar-refractivity contribution in [2.24, 2.45) is 11.8 Å². The van der Waals surface area contributed by atoms with Crippen molar-refractivity contribution < 1.29 is 19.1 Å². The van der Waals surface area contributed by atoms with E-state index in [1.807, 2.05) is 42.7 Å². The van der Waals surface area contributed by atoms with Gasteiger partial charge in [0.2, 0.25) is 11.8 Å². The monoisotopic (exact) mass is 398 g/mol. The summed E-state index contributed by atoms with van der Waals surface area (Å²) in [6, 6.07) is 5.69. The molecule has 2 atom stereocenters. The van der Waals surface area contributed by atoms with Gasteiger partial charge in [-0.05, 0) is 38.0 Å². The minimum absolute atomic E-state index is 0.0726. The van der Waals surface area contributed by atoms with Crippen molar-refractivity contribution >= 4 is 23.2 Å². The van der Waals surface area contributed by atoms with Crippen molar-refractivity contribution in [2.45, 2.75) is 26.3 Å². The summed E-state index contributed by atoms with van der Waals surface area (Å²) in [6.07, 6.45) is 5.30. The minimum atomic E-state index is -0.203. The van der Waals surface area contributed by atoms with Gasteiger partial charge in [-0.1, -0.05) is 12.2 Å². The molecule has 4 rings (SSSR count). The maximum Gasteiger partial charge on any atom is 0.233 e. The van der Waals surface area contributed by atoms with Gasteiger partial charge in [0.1, 0.15) is 5.01 Å². The average molecular weight is 398 g/mol. The fraction of sp³-hybridized carbons (Fsp3) is 0.381. The van der Waals surface area contributed by atoms with Crippen molar-refractivity contribution in [3.8, 4) is 22.1 Å². The molecule has 2 aliphatic rings. The predicted octanol–water partition coefficient (Wildman–Crippen LogP) is 3.67. The zero-order valence-corrected chi connectivity index (χ0v) is 16.7. The van der Waals surface area contributed by atoms with Gasteiger partial charge in [-0.15, -0.1) is 11.3 Å². The highest BCUT2D eigenvalue weighted by molar-refractivity contribution is 7.13. The molecule has 0 saturated carbocycles. The van der Waals surface area contributed by atoms with Crippen molar-refractivity contribution in [2.75, 3.05) is 13.7 Å². The van der Waals surface area contributed by atoms with Crippen molar-refractivity contribution in [1.29, 1.82) is 0 Å². The number of allylic oxidation sites excluding steroid dienone is 2. The van der Waals surface area contributed by atoms with E-state index in [0.29, 0.717) is 30.9 Å². The van der Waals surface area contributed by atoms with Crippen molar-refractivity contribution in [3.05, 3.63) is 41.4 Å². The number of hydrogen-bond donors (Lipinski definition) is 0. The number of hydrogen-bond acceptors (Lipinski definition) is 6. The average Bonchev–Trinajstić information content (AvgIpc) is 3.28. The Kier molecular flexibility index (Phi) is 5.17. The number of methoxy groups -OCH3 is 1. The van der Waals surface area contributed by atoms with Crippen LogP contribution in [0, 0.1) is 11.8 Å². The Morgan fingerprint density at radius 1 is 1.14 bits per heavy atom. The summed E-state index contributed by atoms with van der Waals surface area (Å²) in [4.78, 5) is 31.3. The number of benzene rings is 1. The van der Waals surface area contributed by atoms with E-state index >= 15 is 0 Å². The highest BCUT2D eigenvalue weighted by atomic mass is 32.1. The number of fused-ring (bicyclic) bond motifs is 1. The SMILES string of the molecule is CCOc1ccc(-c2nc(CN3C(=O)[C@@H]4CC=CC[C@H]4C3=O)cs2)cc1OC. The molecule has 0 spiro atoms. The van der Waals surface area contributed by atoms with Gasteiger partial charge < -0.3 is 9.47 Å². The van der Waals surface area contributed by atoms with Gasteiger partial charge in [0.15, 0.2) is 11.5 Å². The van der Waals surface area contributed by atoms with E-state index in [1.54, 1.807) is 7.11 Å². The Balaban J connectivity index is 1.52. The summed E-state index contributed by atoms with van der Waals surface area (Å²) < 4.78 is 11.0. The summed E-state index contributed by atoms with van der Waals surface area (Å²) in [5.41, 5.74) is 1.63. The molecule has 28 heavy (non-hydrogen) atoms. The van der Waals surface area contributed by atoms with Crippen LogP contribution in [0.1, 0.15) is 25.5 Å².